The molecule has 0 aliphatic rings. The van der Waals surface area contributed by atoms with Gasteiger partial charge in [0.15, 0.2) is 11.7 Å². The third-order valence-corrected chi connectivity index (χ3v) is 4.54. The molecule has 1 atom stereocenters. The highest BCUT2D eigenvalue weighted by molar-refractivity contribution is 6.00. The van der Waals surface area contributed by atoms with Crippen LogP contribution in [-0.4, -0.2) is 30.9 Å². The molecule has 0 fully saturated rings. The van der Waals surface area contributed by atoms with E-state index in [4.69, 9.17) is 9.47 Å². The molecule has 0 aliphatic heterocycles. The van der Waals surface area contributed by atoms with Gasteiger partial charge in [-0.2, -0.15) is 0 Å². The second-order valence-corrected chi connectivity index (χ2v) is 6.82. The fourth-order valence-electron chi connectivity index (χ4n) is 3.08. The molecule has 5 heteroatoms. The molecular weight excluding hydrogens is 368 g/mol. The number of esters is 2. The van der Waals surface area contributed by atoms with Crippen molar-refractivity contribution in [1.29, 1.82) is 0 Å². The number of rotatable bonds is 11. The van der Waals surface area contributed by atoms with Gasteiger partial charge in [0.2, 0.25) is 0 Å². The maximum absolute atomic E-state index is 12.9. The Hall–Kier alpha value is -2.95. The van der Waals surface area contributed by atoms with E-state index < -0.39 is 23.8 Å². The lowest BCUT2D eigenvalue weighted by molar-refractivity contribution is -0.163. The topological polar surface area (TPSA) is 69.7 Å². The molecule has 2 rings (SSSR count). The maximum Gasteiger partial charge on any atom is 0.320 e. The maximum atomic E-state index is 12.9. The molecule has 0 saturated carbocycles. The first-order valence-electron chi connectivity index (χ1n) is 10.0. The smallest absolute Gasteiger partial charge is 0.320 e. The summed E-state index contributed by atoms with van der Waals surface area (Å²) in [6.07, 6.45) is 1.28. The molecule has 0 aromatic heterocycles. The normalized spacial score (nSPS) is 11.7. The Labute approximate surface area is 172 Å². The van der Waals surface area contributed by atoms with Gasteiger partial charge in [-0.1, -0.05) is 74.5 Å². The summed E-state index contributed by atoms with van der Waals surface area (Å²) in [5, 5.41) is 0. The Morgan fingerprint density at radius 3 is 1.72 bits per heavy atom. The van der Waals surface area contributed by atoms with Crippen molar-refractivity contribution in [3.05, 3.63) is 71.8 Å². The summed E-state index contributed by atoms with van der Waals surface area (Å²) in [6, 6.07) is 18.0. The van der Waals surface area contributed by atoms with Crippen LogP contribution < -0.4 is 0 Å². The highest BCUT2D eigenvalue weighted by Gasteiger charge is 2.39. The Morgan fingerprint density at radius 2 is 1.24 bits per heavy atom. The van der Waals surface area contributed by atoms with Crippen LogP contribution in [0.15, 0.2) is 60.7 Å². The average molecular weight is 396 g/mol. The van der Waals surface area contributed by atoms with Gasteiger partial charge in [-0.25, -0.2) is 0 Å². The lowest BCUT2D eigenvalue weighted by atomic mass is 9.81. The van der Waals surface area contributed by atoms with E-state index in [0.717, 1.165) is 5.56 Å². The van der Waals surface area contributed by atoms with E-state index in [1.165, 1.54) is 0 Å². The van der Waals surface area contributed by atoms with Crippen LogP contribution in [0.5, 0.6) is 0 Å². The molecule has 29 heavy (non-hydrogen) atoms. The van der Waals surface area contributed by atoms with Crippen molar-refractivity contribution in [2.75, 3.05) is 13.2 Å². The molecule has 0 radical (unpaired) electrons. The standard InChI is InChI=1S/C24H28O5/c1-3-15-28-23(26)22(24(27)29-16-4-2)20(18-11-7-5-8-12-18)17-21(25)19-13-9-6-10-14-19/h5-14,20,22H,3-4,15-17H2,1-2H3/t20-/m0/s1. The summed E-state index contributed by atoms with van der Waals surface area (Å²) in [4.78, 5) is 38.5. The number of Topliss-reactive ketones (excluding diaryl/α,β-unsaturated/α-hetero) is 1. The van der Waals surface area contributed by atoms with E-state index in [9.17, 15) is 14.4 Å². The highest BCUT2D eigenvalue weighted by Crippen LogP contribution is 2.32. The summed E-state index contributed by atoms with van der Waals surface area (Å²) in [6.45, 7) is 4.19. The van der Waals surface area contributed by atoms with E-state index >= 15 is 0 Å². The second kappa shape index (κ2) is 11.8. The monoisotopic (exact) mass is 396 g/mol. The quantitative estimate of drug-likeness (QED) is 0.316. The number of carbonyl (C=O) groups is 3. The first-order chi connectivity index (χ1) is 14.1. The van der Waals surface area contributed by atoms with Gasteiger partial charge in [-0.3, -0.25) is 14.4 Å². The molecule has 154 valence electrons. The summed E-state index contributed by atoms with van der Waals surface area (Å²) >= 11 is 0. The van der Waals surface area contributed by atoms with Gasteiger partial charge >= 0.3 is 11.9 Å². The van der Waals surface area contributed by atoms with Crippen molar-refractivity contribution in [1.82, 2.24) is 0 Å². The van der Waals surface area contributed by atoms with Crippen molar-refractivity contribution >= 4 is 17.7 Å². The van der Waals surface area contributed by atoms with E-state index in [1.54, 1.807) is 24.3 Å². The van der Waals surface area contributed by atoms with Gasteiger partial charge in [0.1, 0.15) is 0 Å². The fraction of sp³-hybridized carbons (Fsp3) is 0.375. The summed E-state index contributed by atoms with van der Waals surface area (Å²) < 4.78 is 10.6. The predicted octanol–water partition coefficient (Wildman–Crippen LogP) is 4.57. The third kappa shape index (κ3) is 6.56. The fourth-order valence-corrected chi connectivity index (χ4v) is 3.08. The molecule has 0 aliphatic carbocycles. The van der Waals surface area contributed by atoms with Crippen LogP contribution in [0, 0.1) is 5.92 Å². The number of carbonyl (C=O) groups excluding carboxylic acids is 3. The molecule has 2 aromatic carbocycles. The molecule has 0 heterocycles. The average Bonchev–Trinajstić information content (AvgIpc) is 2.76. The Bertz CT molecular complexity index is 765. The van der Waals surface area contributed by atoms with Gasteiger partial charge in [-0.15, -0.1) is 0 Å². The molecule has 2 aromatic rings. The van der Waals surface area contributed by atoms with Crippen LogP contribution in [0.25, 0.3) is 0 Å². The first-order valence-corrected chi connectivity index (χ1v) is 10.0. The second-order valence-electron chi connectivity index (χ2n) is 6.82. The van der Waals surface area contributed by atoms with Crippen LogP contribution in [0.1, 0.15) is 54.9 Å². The van der Waals surface area contributed by atoms with Crippen LogP contribution in [0.4, 0.5) is 0 Å². The van der Waals surface area contributed by atoms with Gasteiger partial charge in [0.05, 0.1) is 13.2 Å². The molecular formula is C24H28O5. The largest absolute Gasteiger partial charge is 0.465 e. The van der Waals surface area contributed by atoms with Crippen molar-refractivity contribution in [3.8, 4) is 0 Å². The van der Waals surface area contributed by atoms with Crippen molar-refractivity contribution in [2.24, 2.45) is 5.92 Å². The Balaban J connectivity index is 2.38. The molecule has 0 unspecified atom stereocenters. The summed E-state index contributed by atoms with van der Waals surface area (Å²) in [7, 11) is 0. The van der Waals surface area contributed by atoms with Crippen LogP contribution in [0.3, 0.4) is 0 Å². The van der Waals surface area contributed by atoms with E-state index in [1.807, 2.05) is 50.2 Å². The summed E-state index contributed by atoms with van der Waals surface area (Å²) in [5.41, 5.74) is 1.26. The zero-order valence-electron chi connectivity index (χ0n) is 17.0. The number of benzene rings is 2. The zero-order chi connectivity index (χ0) is 21.1. The summed E-state index contributed by atoms with van der Waals surface area (Å²) in [5.74, 6) is -3.30. The SMILES string of the molecule is CCCOC(=O)C(C(=O)OCCC)[C@@H](CC(=O)c1ccccc1)c1ccccc1. The number of ketones is 1. The highest BCUT2D eigenvalue weighted by atomic mass is 16.6. The van der Waals surface area contributed by atoms with Crippen molar-refractivity contribution < 1.29 is 23.9 Å². The van der Waals surface area contributed by atoms with E-state index in [2.05, 4.69) is 0 Å². The molecule has 5 nitrogen and oxygen atoms in total. The molecule has 0 saturated heterocycles. The van der Waals surface area contributed by atoms with Crippen molar-refractivity contribution in [2.45, 2.75) is 39.0 Å². The van der Waals surface area contributed by atoms with Crippen LogP contribution in [-0.2, 0) is 19.1 Å². The van der Waals surface area contributed by atoms with Gasteiger partial charge in [0.25, 0.3) is 0 Å². The van der Waals surface area contributed by atoms with Crippen LogP contribution in [0.2, 0.25) is 0 Å². The molecule has 0 bridgehead atoms. The van der Waals surface area contributed by atoms with Gasteiger partial charge in [-0.05, 0) is 18.4 Å². The first kappa shape index (κ1) is 22.3. The number of hydrogen-bond donors (Lipinski definition) is 0. The lowest BCUT2D eigenvalue weighted by Crippen LogP contribution is -2.34. The molecule has 0 amide bonds. The third-order valence-electron chi connectivity index (χ3n) is 4.54. The predicted molar refractivity (Wildman–Crippen MR) is 111 cm³/mol. The minimum atomic E-state index is -1.19. The van der Waals surface area contributed by atoms with E-state index in [-0.39, 0.29) is 25.4 Å². The lowest BCUT2D eigenvalue weighted by Gasteiger charge is -2.24. The number of hydrogen-bond acceptors (Lipinski definition) is 5. The zero-order valence-corrected chi connectivity index (χ0v) is 17.0. The minimum Gasteiger partial charge on any atom is -0.465 e. The van der Waals surface area contributed by atoms with E-state index in [0.29, 0.717) is 18.4 Å². The van der Waals surface area contributed by atoms with Gasteiger partial charge in [0, 0.05) is 17.9 Å². The Kier molecular flexibility index (Phi) is 9.09. The number of ether oxygens (including phenoxy) is 2. The molecule has 0 N–H and O–H groups in total. The minimum absolute atomic E-state index is 0.00113. The van der Waals surface area contributed by atoms with Gasteiger partial charge < -0.3 is 9.47 Å². The van der Waals surface area contributed by atoms with Crippen molar-refractivity contribution in [3.63, 3.8) is 0 Å². The molecule has 0 spiro atoms. The van der Waals surface area contributed by atoms with Crippen LogP contribution >= 0.6 is 0 Å². The Morgan fingerprint density at radius 1 is 0.759 bits per heavy atom.